The molecule has 2 heterocycles. The minimum atomic E-state index is -0.884. The van der Waals surface area contributed by atoms with Gasteiger partial charge >= 0.3 is 0 Å². The molecule has 2 N–H and O–H groups in total. The predicted octanol–water partition coefficient (Wildman–Crippen LogP) is 4.46. The summed E-state index contributed by atoms with van der Waals surface area (Å²) in [6.45, 7) is 2.36. The van der Waals surface area contributed by atoms with Gasteiger partial charge in [-0.15, -0.1) is 0 Å². The first-order valence-electron chi connectivity index (χ1n) is 10.3. The number of halogens is 1. The molecule has 0 saturated carbocycles. The number of carbonyl (C=O) groups excluding carboxylic acids is 2. The Hall–Kier alpha value is -3.84. The standard InChI is InChI=1S/C25H21ClN2O5/c1-2-33-18-7-8-20(26)19(13-18)23(30)21-22(16-3-5-17(29)6-4-16)28(25(32)24(21)31)14-15-9-11-27-12-10-15/h3-13,22,29-30H,2,14H2,1H3/b23-21+. The number of phenols is 1. The lowest BCUT2D eigenvalue weighted by molar-refractivity contribution is -0.140. The van der Waals surface area contributed by atoms with Crippen molar-refractivity contribution >= 4 is 29.1 Å². The third kappa shape index (κ3) is 4.40. The lowest BCUT2D eigenvalue weighted by Gasteiger charge is -2.25. The first kappa shape index (κ1) is 22.4. The van der Waals surface area contributed by atoms with Gasteiger partial charge in [0.25, 0.3) is 11.7 Å². The monoisotopic (exact) mass is 464 g/mol. The van der Waals surface area contributed by atoms with E-state index in [0.717, 1.165) is 5.56 Å². The van der Waals surface area contributed by atoms with Crippen LogP contribution in [0.15, 0.2) is 72.6 Å². The number of aromatic nitrogens is 1. The summed E-state index contributed by atoms with van der Waals surface area (Å²) in [6.07, 6.45) is 3.20. The van der Waals surface area contributed by atoms with Crippen molar-refractivity contribution in [3.05, 3.63) is 94.3 Å². The van der Waals surface area contributed by atoms with Crippen molar-refractivity contribution in [2.75, 3.05) is 6.61 Å². The van der Waals surface area contributed by atoms with E-state index in [9.17, 15) is 19.8 Å². The lowest BCUT2D eigenvalue weighted by Crippen LogP contribution is -2.29. The first-order valence-corrected chi connectivity index (χ1v) is 10.7. The highest BCUT2D eigenvalue weighted by Gasteiger charge is 2.46. The van der Waals surface area contributed by atoms with E-state index in [2.05, 4.69) is 4.98 Å². The molecule has 0 radical (unpaired) electrons. The molecule has 33 heavy (non-hydrogen) atoms. The van der Waals surface area contributed by atoms with E-state index >= 15 is 0 Å². The number of nitrogens with zero attached hydrogens (tertiary/aromatic N) is 2. The summed E-state index contributed by atoms with van der Waals surface area (Å²) in [7, 11) is 0. The van der Waals surface area contributed by atoms with E-state index in [4.69, 9.17) is 16.3 Å². The van der Waals surface area contributed by atoms with Crippen LogP contribution in [0.5, 0.6) is 11.5 Å². The van der Waals surface area contributed by atoms with Gasteiger partial charge in [-0.1, -0.05) is 23.7 Å². The van der Waals surface area contributed by atoms with E-state index in [-0.39, 0.29) is 28.5 Å². The number of ether oxygens (including phenoxy) is 1. The molecule has 8 heteroatoms. The Kier molecular flexibility index (Phi) is 6.33. The highest BCUT2D eigenvalue weighted by atomic mass is 35.5. The third-order valence-electron chi connectivity index (χ3n) is 5.36. The second-order valence-corrected chi connectivity index (χ2v) is 7.86. The van der Waals surface area contributed by atoms with Crippen LogP contribution in [0.3, 0.4) is 0 Å². The van der Waals surface area contributed by atoms with Gasteiger partial charge < -0.3 is 19.8 Å². The first-order chi connectivity index (χ1) is 15.9. The van der Waals surface area contributed by atoms with Gasteiger partial charge in [0, 0.05) is 24.5 Å². The number of pyridine rings is 1. The van der Waals surface area contributed by atoms with Crippen LogP contribution in [0, 0.1) is 0 Å². The van der Waals surface area contributed by atoms with Crippen molar-refractivity contribution in [3.63, 3.8) is 0 Å². The van der Waals surface area contributed by atoms with Crippen molar-refractivity contribution < 1.29 is 24.5 Å². The van der Waals surface area contributed by atoms with Crippen molar-refractivity contribution in [1.82, 2.24) is 9.88 Å². The largest absolute Gasteiger partial charge is 0.508 e. The van der Waals surface area contributed by atoms with Gasteiger partial charge in [0.15, 0.2) is 0 Å². The van der Waals surface area contributed by atoms with Gasteiger partial charge in [0.1, 0.15) is 17.3 Å². The summed E-state index contributed by atoms with van der Waals surface area (Å²) >= 11 is 6.33. The molecule has 1 fully saturated rings. The zero-order chi connectivity index (χ0) is 23.5. The molecule has 1 aromatic heterocycles. The summed E-state index contributed by atoms with van der Waals surface area (Å²) < 4.78 is 5.50. The number of aliphatic hydroxyl groups excluding tert-OH is 1. The molecule has 4 rings (SSSR count). The van der Waals surface area contributed by atoms with E-state index in [0.29, 0.717) is 17.9 Å². The maximum absolute atomic E-state index is 13.1. The number of hydrogen-bond acceptors (Lipinski definition) is 6. The molecule has 1 unspecified atom stereocenters. The van der Waals surface area contributed by atoms with Gasteiger partial charge in [-0.25, -0.2) is 0 Å². The minimum absolute atomic E-state index is 0.0392. The molecule has 1 saturated heterocycles. The smallest absolute Gasteiger partial charge is 0.295 e. The van der Waals surface area contributed by atoms with Crippen LogP contribution in [0.2, 0.25) is 5.02 Å². The predicted molar refractivity (Wildman–Crippen MR) is 123 cm³/mol. The summed E-state index contributed by atoms with van der Waals surface area (Å²) in [6, 6.07) is 13.5. The molecule has 1 aliphatic heterocycles. The van der Waals surface area contributed by atoms with Crippen LogP contribution in [0.1, 0.15) is 29.7 Å². The Balaban J connectivity index is 1.88. The SMILES string of the molecule is CCOc1ccc(Cl)c(/C(O)=C2\C(=O)C(=O)N(Cc3ccncc3)C2c2ccc(O)cc2)c1. The molecule has 2 aromatic carbocycles. The molecular weight excluding hydrogens is 444 g/mol. The van der Waals surface area contributed by atoms with Gasteiger partial charge in [-0.05, 0) is 60.5 Å². The number of aliphatic hydroxyl groups is 1. The van der Waals surface area contributed by atoms with E-state index < -0.39 is 23.5 Å². The number of benzene rings is 2. The third-order valence-corrected chi connectivity index (χ3v) is 5.68. The second kappa shape index (κ2) is 9.34. The topological polar surface area (TPSA) is 100.0 Å². The molecule has 1 aliphatic rings. The fraction of sp³-hybridized carbons (Fsp3) is 0.160. The number of aromatic hydroxyl groups is 1. The van der Waals surface area contributed by atoms with Crippen molar-refractivity contribution in [2.24, 2.45) is 0 Å². The number of Topliss-reactive ketones (excluding diaryl/α,β-unsaturated/α-hetero) is 1. The van der Waals surface area contributed by atoms with Crippen LogP contribution in [0.4, 0.5) is 0 Å². The van der Waals surface area contributed by atoms with E-state index in [1.807, 2.05) is 6.92 Å². The Bertz CT molecular complexity index is 1230. The fourth-order valence-electron chi connectivity index (χ4n) is 3.82. The molecule has 1 amide bonds. The Labute approximate surface area is 195 Å². The van der Waals surface area contributed by atoms with Gasteiger partial charge in [-0.2, -0.15) is 0 Å². The molecule has 0 spiro atoms. The maximum Gasteiger partial charge on any atom is 0.295 e. The number of phenolic OH excluding ortho intramolecular Hbond substituents is 1. The van der Waals surface area contributed by atoms with Crippen LogP contribution in [0.25, 0.3) is 5.76 Å². The number of amides is 1. The summed E-state index contributed by atoms with van der Waals surface area (Å²) in [5.74, 6) is -1.45. The normalized spacial score (nSPS) is 17.4. The van der Waals surface area contributed by atoms with Gasteiger partial charge in [-0.3, -0.25) is 14.6 Å². The molecule has 168 valence electrons. The van der Waals surface area contributed by atoms with Crippen LogP contribution < -0.4 is 4.74 Å². The zero-order valence-electron chi connectivity index (χ0n) is 17.7. The maximum atomic E-state index is 13.1. The Morgan fingerprint density at radius 1 is 1.09 bits per heavy atom. The zero-order valence-corrected chi connectivity index (χ0v) is 18.5. The van der Waals surface area contributed by atoms with Gasteiger partial charge in [0.05, 0.1) is 23.2 Å². The average molecular weight is 465 g/mol. The molecular formula is C25H21ClN2O5. The summed E-state index contributed by atoms with van der Waals surface area (Å²) in [5.41, 5.74) is 1.43. The average Bonchev–Trinajstić information content (AvgIpc) is 3.06. The molecule has 7 nitrogen and oxygen atoms in total. The van der Waals surface area contributed by atoms with E-state index in [1.54, 1.807) is 48.8 Å². The minimum Gasteiger partial charge on any atom is -0.508 e. The van der Waals surface area contributed by atoms with E-state index in [1.165, 1.54) is 23.1 Å². The van der Waals surface area contributed by atoms with Crippen LogP contribution >= 0.6 is 11.6 Å². The highest BCUT2D eigenvalue weighted by Crippen LogP contribution is 2.42. The number of hydrogen-bond donors (Lipinski definition) is 2. The van der Waals surface area contributed by atoms with Crippen LogP contribution in [-0.2, 0) is 16.1 Å². The molecule has 0 bridgehead atoms. The Morgan fingerprint density at radius 3 is 2.45 bits per heavy atom. The molecule has 0 aliphatic carbocycles. The summed E-state index contributed by atoms with van der Waals surface area (Å²) in [5, 5.41) is 21.2. The highest BCUT2D eigenvalue weighted by molar-refractivity contribution is 6.47. The van der Waals surface area contributed by atoms with Crippen molar-refractivity contribution in [2.45, 2.75) is 19.5 Å². The number of likely N-dealkylation sites (tertiary alicyclic amines) is 1. The summed E-state index contributed by atoms with van der Waals surface area (Å²) in [4.78, 5) is 31.6. The fourth-order valence-corrected chi connectivity index (χ4v) is 4.03. The van der Waals surface area contributed by atoms with Crippen LogP contribution in [-0.4, -0.2) is 38.4 Å². The molecule has 3 aromatic rings. The Morgan fingerprint density at radius 2 is 1.79 bits per heavy atom. The molecule has 1 atom stereocenters. The number of rotatable bonds is 6. The number of ketones is 1. The second-order valence-electron chi connectivity index (χ2n) is 7.45. The van der Waals surface area contributed by atoms with Gasteiger partial charge in [0.2, 0.25) is 0 Å². The lowest BCUT2D eigenvalue weighted by atomic mass is 9.95. The van der Waals surface area contributed by atoms with Crippen molar-refractivity contribution in [1.29, 1.82) is 0 Å². The quantitative estimate of drug-likeness (QED) is 0.317. The van der Waals surface area contributed by atoms with Crippen molar-refractivity contribution in [3.8, 4) is 11.5 Å². The number of carbonyl (C=O) groups is 2.